The largest absolute Gasteiger partial charge is 0.489 e. The van der Waals surface area contributed by atoms with Crippen LogP contribution >= 0.6 is 34.2 Å². The number of carboxylic acid groups (broad SMARTS) is 1. The van der Waals surface area contributed by atoms with Gasteiger partial charge in [-0.05, 0) is 100 Å². The van der Waals surface area contributed by atoms with E-state index < -0.39 is 5.97 Å². The lowest BCUT2D eigenvalue weighted by molar-refractivity contribution is -0.139. The molecule has 0 bridgehead atoms. The molecule has 3 aromatic rings. The second-order valence-electron chi connectivity index (χ2n) is 6.55. The maximum absolute atomic E-state index is 10.7. The highest BCUT2D eigenvalue weighted by Gasteiger charge is 2.07. The number of ether oxygens (including phenoxy) is 2. The summed E-state index contributed by atoms with van der Waals surface area (Å²) >= 11 is 8.33. The molecular formula is C24H20ClIO4. The Morgan fingerprint density at radius 2 is 1.63 bits per heavy atom. The van der Waals surface area contributed by atoms with Crippen LogP contribution in [0, 0.1) is 10.5 Å². The van der Waals surface area contributed by atoms with Gasteiger partial charge in [-0.2, -0.15) is 0 Å². The van der Waals surface area contributed by atoms with E-state index in [1.54, 1.807) is 12.1 Å². The second-order valence-corrected chi connectivity index (χ2v) is 8.23. The Morgan fingerprint density at radius 3 is 2.23 bits per heavy atom. The van der Waals surface area contributed by atoms with Gasteiger partial charge < -0.3 is 14.6 Å². The van der Waals surface area contributed by atoms with Gasteiger partial charge in [0.05, 0.1) is 0 Å². The summed E-state index contributed by atoms with van der Waals surface area (Å²) in [7, 11) is 0. The highest BCUT2D eigenvalue weighted by Crippen LogP contribution is 2.27. The Labute approximate surface area is 194 Å². The number of aryl methyl sites for hydroxylation is 1. The Kier molecular flexibility index (Phi) is 7.76. The van der Waals surface area contributed by atoms with E-state index >= 15 is 0 Å². The van der Waals surface area contributed by atoms with Crippen LogP contribution in [0.5, 0.6) is 11.5 Å². The molecule has 0 aliphatic carbocycles. The first-order valence-corrected chi connectivity index (χ1v) is 10.7. The average molecular weight is 535 g/mol. The maximum Gasteiger partial charge on any atom is 0.341 e. The zero-order valence-corrected chi connectivity index (χ0v) is 19.2. The second kappa shape index (κ2) is 10.5. The molecule has 0 aromatic heterocycles. The Hall–Kier alpha value is -2.51. The molecule has 0 unspecified atom stereocenters. The predicted octanol–water partition coefficient (Wildman–Crippen LogP) is 6.23. The minimum atomic E-state index is -1.01. The van der Waals surface area contributed by atoms with Crippen LogP contribution in [0.4, 0.5) is 0 Å². The first kappa shape index (κ1) is 22.2. The zero-order valence-electron chi connectivity index (χ0n) is 16.3. The fourth-order valence-electron chi connectivity index (χ4n) is 2.90. The first-order valence-electron chi connectivity index (χ1n) is 9.22. The normalized spacial score (nSPS) is 11.2. The van der Waals surface area contributed by atoms with Crippen molar-refractivity contribution < 1.29 is 19.4 Å². The summed E-state index contributed by atoms with van der Waals surface area (Å²) in [6, 6.07) is 21.4. The minimum absolute atomic E-state index is 0.371. The number of aliphatic carboxylic acids is 1. The number of hydrogen-bond acceptors (Lipinski definition) is 3. The predicted molar refractivity (Wildman–Crippen MR) is 127 cm³/mol. The molecule has 30 heavy (non-hydrogen) atoms. The van der Waals surface area contributed by atoms with Crippen LogP contribution in [-0.4, -0.2) is 24.3 Å². The number of rotatable bonds is 8. The molecule has 154 valence electrons. The van der Waals surface area contributed by atoms with E-state index in [-0.39, 0.29) is 6.61 Å². The summed E-state index contributed by atoms with van der Waals surface area (Å²) in [5, 5.41) is 9.44. The maximum atomic E-state index is 10.7. The van der Waals surface area contributed by atoms with Gasteiger partial charge in [0.1, 0.15) is 18.1 Å². The smallest absolute Gasteiger partial charge is 0.341 e. The Morgan fingerprint density at radius 1 is 1.00 bits per heavy atom. The van der Waals surface area contributed by atoms with Crippen molar-refractivity contribution in [1.82, 2.24) is 0 Å². The van der Waals surface area contributed by atoms with Crippen molar-refractivity contribution in [1.29, 1.82) is 0 Å². The van der Waals surface area contributed by atoms with Crippen molar-refractivity contribution in [3.05, 3.63) is 98.1 Å². The number of hydrogen-bond donors (Lipinski definition) is 1. The van der Waals surface area contributed by atoms with Crippen LogP contribution < -0.4 is 9.47 Å². The molecule has 4 nitrogen and oxygen atoms in total. The molecule has 0 saturated heterocycles. The van der Waals surface area contributed by atoms with Crippen LogP contribution in [0.25, 0.3) is 5.57 Å². The number of carbonyl (C=O) groups is 1. The lowest BCUT2D eigenvalue weighted by atomic mass is 9.98. The van der Waals surface area contributed by atoms with Gasteiger partial charge in [-0.15, -0.1) is 0 Å². The third kappa shape index (κ3) is 6.24. The van der Waals surface area contributed by atoms with E-state index in [0.717, 1.165) is 22.3 Å². The molecule has 3 rings (SSSR count). The SMILES string of the molecule is Cc1cc(OCC=C(c2ccc(Cl)cc2)c2ccc(I)cc2)ccc1OCC(=O)O. The molecule has 0 fully saturated rings. The highest BCUT2D eigenvalue weighted by atomic mass is 127. The van der Waals surface area contributed by atoms with Crippen LogP contribution in [0.1, 0.15) is 16.7 Å². The Balaban J connectivity index is 1.77. The molecule has 0 atom stereocenters. The number of halogens is 2. The van der Waals surface area contributed by atoms with E-state index in [4.69, 9.17) is 26.2 Å². The van der Waals surface area contributed by atoms with Gasteiger partial charge in [-0.3, -0.25) is 0 Å². The topological polar surface area (TPSA) is 55.8 Å². The molecule has 0 aliphatic rings. The van der Waals surface area contributed by atoms with Crippen molar-refractivity contribution in [3.8, 4) is 11.5 Å². The molecule has 0 aliphatic heterocycles. The molecular weight excluding hydrogens is 515 g/mol. The first-order chi connectivity index (χ1) is 14.4. The van der Waals surface area contributed by atoms with Gasteiger partial charge in [-0.25, -0.2) is 4.79 Å². The monoisotopic (exact) mass is 534 g/mol. The van der Waals surface area contributed by atoms with E-state index in [2.05, 4.69) is 46.9 Å². The van der Waals surface area contributed by atoms with Crippen molar-refractivity contribution in [2.75, 3.05) is 13.2 Å². The standard InChI is InChI=1S/C24H20ClIO4/c1-16-14-21(10-11-23(16)30-15-24(27)28)29-13-12-22(17-2-6-19(25)7-3-17)18-4-8-20(26)9-5-18/h2-12,14H,13,15H2,1H3,(H,27,28). The van der Waals surface area contributed by atoms with Gasteiger partial charge in [0, 0.05) is 8.59 Å². The third-order valence-electron chi connectivity index (χ3n) is 4.35. The minimum Gasteiger partial charge on any atom is -0.489 e. The van der Waals surface area contributed by atoms with E-state index in [1.807, 2.05) is 43.3 Å². The highest BCUT2D eigenvalue weighted by molar-refractivity contribution is 14.1. The van der Waals surface area contributed by atoms with Crippen LogP contribution in [-0.2, 0) is 4.79 Å². The summed E-state index contributed by atoms with van der Waals surface area (Å²) in [5.74, 6) is 0.204. The number of benzene rings is 3. The van der Waals surface area contributed by atoms with Gasteiger partial charge in [0.15, 0.2) is 6.61 Å². The third-order valence-corrected chi connectivity index (χ3v) is 5.32. The Bertz CT molecular complexity index is 996. The van der Waals surface area contributed by atoms with Crippen molar-refractivity contribution in [2.45, 2.75) is 6.92 Å². The van der Waals surface area contributed by atoms with Gasteiger partial charge in [-0.1, -0.05) is 35.9 Å². The summed E-state index contributed by atoms with van der Waals surface area (Å²) in [6.07, 6.45) is 2.04. The molecule has 1 N–H and O–H groups in total. The average Bonchev–Trinajstić information content (AvgIpc) is 2.72. The van der Waals surface area contributed by atoms with Gasteiger partial charge in [0.25, 0.3) is 0 Å². The van der Waals surface area contributed by atoms with E-state index in [9.17, 15) is 4.79 Å². The van der Waals surface area contributed by atoms with Crippen LogP contribution in [0.2, 0.25) is 5.02 Å². The fourth-order valence-corrected chi connectivity index (χ4v) is 3.38. The quantitative estimate of drug-likeness (QED) is 0.348. The summed E-state index contributed by atoms with van der Waals surface area (Å²) in [4.78, 5) is 10.7. The van der Waals surface area contributed by atoms with Crippen molar-refractivity contribution in [2.24, 2.45) is 0 Å². The van der Waals surface area contributed by atoms with E-state index in [0.29, 0.717) is 23.1 Å². The summed E-state index contributed by atoms with van der Waals surface area (Å²) in [6.45, 7) is 1.85. The molecule has 6 heteroatoms. The molecule has 0 heterocycles. The van der Waals surface area contributed by atoms with E-state index in [1.165, 1.54) is 3.57 Å². The summed E-state index contributed by atoms with van der Waals surface area (Å²) in [5.41, 5.74) is 4.02. The zero-order chi connectivity index (χ0) is 21.5. The summed E-state index contributed by atoms with van der Waals surface area (Å²) < 4.78 is 12.3. The molecule has 0 radical (unpaired) electrons. The number of carboxylic acids is 1. The lowest BCUT2D eigenvalue weighted by Crippen LogP contribution is -2.10. The van der Waals surface area contributed by atoms with Crippen LogP contribution in [0.3, 0.4) is 0 Å². The van der Waals surface area contributed by atoms with Gasteiger partial charge in [0.2, 0.25) is 0 Å². The van der Waals surface area contributed by atoms with Crippen LogP contribution in [0.15, 0.2) is 72.8 Å². The lowest BCUT2D eigenvalue weighted by Gasteiger charge is -2.12. The molecule has 0 amide bonds. The van der Waals surface area contributed by atoms with Crippen molar-refractivity contribution >= 4 is 45.7 Å². The fraction of sp³-hybridized carbons (Fsp3) is 0.125. The van der Waals surface area contributed by atoms with Gasteiger partial charge >= 0.3 is 5.97 Å². The van der Waals surface area contributed by atoms with Crippen molar-refractivity contribution in [3.63, 3.8) is 0 Å². The molecule has 0 saturated carbocycles. The molecule has 0 spiro atoms. The molecule has 3 aromatic carbocycles.